The van der Waals surface area contributed by atoms with Gasteiger partial charge in [0, 0.05) is 25.7 Å². The molecular weight excluding hydrogens is 412 g/mol. The molecule has 2 aromatic rings. The van der Waals surface area contributed by atoms with Gasteiger partial charge in [-0.25, -0.2) is 4.79 Å². The van der Waals surface area contributed by atoms with E-state index >= 15 is 0 Å². The van der Waals surface area contributed by atoms with Crippen LogP contribution in [0.2, 0.25) is 0 Å². The van der Waals surface area contributed by atoms with Gasteiger partial charge in [-0.2, -0.15) is 0 Å². The smallest absolute Gasteiger partial charge is 0.321 e. The molecule has 1 atom stereocenters. The molecule has 32 heavy (non-hydrogen) atoms. The Labute approximate surface area is 184 Å². The summed E-state index contributed by atoms with van der Waals surface area (Å²) in [6.45, 7) is 2.01. The summed E-state index contributed by atoms with van der Waals surface area (Å²) in [5.74, 6) is -2.26. The minimum absolute atomic E-state index is 0.0541. The van der Waals surface area contributed by atoms with Crippen molar-refractivity contribution in [2.45, 2.75) is 32.4 Å². The molecule has 2 aliphatic rings. The molecule has 9 nitrogen and oxygen atoms in total. The first-order valence-corrected chi connectivity index (χ1v) is 10.2. The van der Waals surface area contributed by atoms with Crippen molar-refractivity contribution < 1.29 is 24.0 Å². The lowest BCUT2D eigenvalue weighted by Crippen LogP contribution is -2.54. The van der Waals surface area contributed by atoms with Crippen molar-refractivity contribution >= 4 is 35.3 Å². The quantitative estimate of drug-likeness (QED) is 0.715. The molecule has 164 valence electrons. The molecule has 0 bridgehead atoms. The van der Waals surface area contributed by atoms with Crippen LogP contribution in [0.15, 0.2) is 42.5 Å². The summed E-state index contributed by atoms with van der Waals surface area (Å²) in [7, 11) is 1.59. The standard InChI is InChI=1S/C23H22N4O5/c1-13-5-3-7-15(11-13)24-23(32)26(2)12-14-6-4-8-16-19(14)22(31)27(21(16)30)17-9-10-18(28)25-20(17)29/h3-8,11,17H,9-10,12H2,1-2H3,(H,24,32)(H,25,28,29). The minimum Gasteiger partial charge on any atom is -0.323 e. The maximum absolute atomic E-state index is 13.2. The van der Waals surface area contributed by atoms with Gasteiger partial charge in [0.2, 0.25) is 11.8 Å². The van der Waals surface area contributed by atoms with Gasteiger partial charge in [-0.15, -0.1) is 0 Å². The molecule has 0 aromatic heterocycles. The molecular formula is C23H22N4O5. The highest BCUT2D eigenvalue weighted by atomic mass is 16.2. The van der Waals surface area contributed by atoms with Gasteiger partial charge >= 0.3 is 6.03 Å². The third-order valence-electron chi connectivity index (χ3n) is 5.58. The van der Waals surface area contributed by atoms with Crippen molar-refractivity contribution in [1.29, 1.82) is 0 Å². The van der Waals surface area contributed by atoms with Crippen LogP contribution >= 0.6 is 0 Å². The van der Waals surface area contributed by atoms with Gasteiger partial charge < -0.3 is 10.2 Å². The number of benzene rings is 2. The van der Waals surface area contributed by atoms with Gasteiger partial charge in [0.05, 0.1) is 11.1 Å². The van der Waals surface area contributed by atoms with Crippen molar-refractivity contribution in [2.75, 3.05) is 12.4 Å². The number of nitrogens with zero attached hydrogens (tertiary/aromatic N) is 2. The van der Waals surface area contributed by atoms with E-state index in [1.807, 2.05) is 25.1 Å². The summed E-state index contributed by atoms with van der Waals surface area (Å²) >= 11 is 0. The van der Waals surface area contributed by atoms with Gasteiger partial charge in [0.25, 0.3) is 11.8 Å². The number of hydrogen-bond donors (Lipinski definition) is 2. The van der Waals surface area contributed by atoms with Crippen LogP contribution in [-0.2, 0) is 16.1 Å². The molecule has 2 N–H and O–H groups in total. The molecule has 2 heterocycles. The molecule has 1 unspecified atom stereocenters. The second kappa shape index (κ2) is 8.26. The number of hydrogen-bond acceptors (Lipinski definition) is 5. The van der Waals surface area contributed by atoms with Crippen LogP contribution in [0.25, 0.3) is 0 Å². The highest BCUT2D eigenvalue weighted by Crippen LogP contribution is 2.30. The van der Waals surface area contributed by atoms with Crippen LogP contribution in [0.5, 0.6) is 0 Å². The van der Waals surface area contributed by atoms with Crippen LogP contribution in [0.1, 0.15) is 44.7 Å². The maximum Gasteiger partial charge on any atom is 0.321 e. The summed E-state index contributed by atoms with van der Waals surface area (Å²) < 4.78 is 0. The van der Waals surface area contributed by atoms with Crippen molar-refractivity contribution in [3.05, 3.63) is 64.7 Å². The van der Waals surface area contributed by atoms with Gasteiger partial charge in [0.1, 0.15) is 6.04 Å². The highest BCUT2D eigenvalue weighted by Gasteiger charge is 2.45. The third-order valence-corrected chi connectivity index (χ3v) is 5.58. The zero-order valence-electron chi connectivity index (χ0n) is 17.7. The first kappa shape index (κ1) is 21.2. The van der Waals surface area contributed by atoms with E-state index in [2.05, 4.69) is 10.6 Å². The Morgan fingerprint density at radius 1 is 1.12 bits per heavy atom. The van der Waals surface area contributed by atoms with Gasteiger partial charge in [-0.3, -0.25) is 29.4 Å². The Morgan fingerprint density at radius 2 is 1.88 bits per heavy atom. The molecule has 1 fully saturated rings. The van der Waals surface area contributed by atoms with Gasteiger partial charge in [0.15, 0.2) is 0 Å². The summed E-state index contributed by atoms with van der Waals surface area (Å²) in [6, 6.07) is 10.8. The van der Waals surface area contributed by atoms with Gasteiger partial charge in [-0.05, 0) is 42.7 Å². The molecule has 0 spiro atoms. The monoisotopic (exact) mass is 434 g/mol. The minimum atomic E-state index is -1.03. The highest BCUT2D eigenvalue weighted by molar-refractivity contribution is 6.24. The summed E-state index contributed by atoms with van der Waals surface area (Å²) in [4.78, 5) is 64.7. The van der Waals surface area contributed by atoms with Crippen LogP contribution in [0.3, 0.4) is 0 Å². The third kappa shape index (κ3) is 3.84. The van der Waals surface area contributed by atoms with Crippen LogP contribution < -0.4 is 10.6 Å². The second-order valence-electron chi connectivity index (χ2n) is 7.94. The second-order valence-corrected chi connectivity index (χ2v) is 7.94. The fraction of sp³-hybridized carbons (Fsp3) is 0.261. The van der Waals surface area contributed by atoms with E-state index in [4.69, 9.17) is 0 Å². The fourth-order valence-electron chi connectivity index (χ4n) is 3.99. The Morgan fingerprint density at radius 3 is 2.59 bits per heavy atom. The molecule has 6 amide bonds. The summed E-state index contributed by atoms with van der Waals surface area (Å²) in [5.41, 5.74) is 2.51. The summed E-state index contributed by atoms with van der Waals surface area (Å²) in [6.07, 6.45) is 0.142. The summed E-state index contributed by atoms with van der Waals surface area (Å²) in [5, 5.41) is 4.98. The number of fused-ring (bicyclic) bond motifs is 1. The van der Waals surface area contributed by atoms with E-state index in [1.54, 1.807) is 25.2 Å². The molecule has 1 saturated heterocycles. The average molecular weight is 434 g/mol. The molecule has 9 heteroatoms. The molecule has 2 aliphatic heterocycles. The van der Waals surface area contributed by atoms with E-state index in [0.29, 0.717) is 11.3 Å². The van der Waals surface area contributed by atoms with Crippen molar-refractivity contribution in [3.8, 4) is 0 Å². The number of rotatable bonds is 4. The van der Waals surface area contributed by atoms with Crippen molar-refractivity contribution in [2.24, 2.45) is 0 Å². The van der Waals surface area contributed by atoms with Crippen LogP contribution in [-0.4, -0.2) is 52.5 Å². The number of carbonyl (C=O) groups excluding carboxylic acids is 5. The zero-order valence-corrected chi connectivity index (χ0v) is 17.7. The normalized spacial score (nSPS) is 17.8. The Hall–Kier alpha value is -4.01. The zero-order chi connectivity index (χ0) is 23.0. The Balaban J connectivity index is 1.54. The van der Waals surface area contributed by atoms with Crippen molar-refractivity contribution in [1.82, 2.24) is 15.1 Å². The van der Waals surface area contributed by atoms with E-state index in [9.17, 15) is 24.0 Å². The first-order valence-electron chi connectivity index (χ1n) is 10.2. The predicted molar refractivity (Wildman–Crippen MR) is 115 cm³/mol. The average Bonchev–Trinajstić information content (AvgIpc) is 2.99. The largest absolute Gasteiger partial charge is 0.323 e. The predicted octanol–water partition coefficient (Wildman–Crippen LogP) is 2.06. The topological polar surface area (TPSA) is 116 Å². The number of urea groups is 1. The number of amides is 6. The number of anilines is 1. The Kier molecular flexibility index (Phi) is 5.48. The van der Waals surface area contributed by atoms with E-state index < -0.39 is 29.7 Å². The number of piperidine rings is 1. The lowest BCUT2D eigenvalue weighted by atomic mass is 10.0. The van der Waals surface area contributed by atoms with Crippen LogP contribution in [0.4, 0.5) is 10.5 Å². The lowest BCUT2D eigenvalue weighted by Gasteiger charge is -2.28. The SMILES string of the molecule is Cc1cccc(NC(=O)N(C)Cc2cccc3c2C(=O)N(C2CCC(=O)NC2=O)C3=O)c1. The van der Waals surface area contributed by atoms with Crippen molar-refractivity contribution in [3.63, 3.8) is 0 Å². The van der Waals surface area contributed by atoms with Gasteiger partial charge in [-0.1, -0.05) is 24.3 Å². The number of nitrogens with one attached hydrogen (secondary N) is 2. The van der Waals surface area contributed by atoms with E-state index in [1.165, 1.54) is 11.0 Å². The van der Waals surface area contributed by atoms with E-state index in [-0.39, 0.29) is 36.5 Å². The number of carbonyl (C=O) groups is 5. The van der Waals surface area contributed by atoms with Crippen LogP contribution in [0, 0.1) is 6.92 Å². The maximum atomic E-state index is 13.2. The fourth-order valence-corrected chi connectivity index (χ4v) is 3.99. The number of imide groups is 2. The molecule has 2 aromatic carbocycles. The number of aryl methyl sites for hydroxylation is 1. The first-order chi connectivity index (χ1) is 15.3. The molecule has 0 saturated carbocycles. The van der Waals surface area contributed by atoms with E-state index in [0.717, 1.165) is 10.5 Å². The Bertz CT molecular complexity index is 1160. The lowest BCUT2D eigenvalue weighted by molar-refractivity contribution is -0.136. The molecule has 4 rings (SSSR count). The molecule has 0 radical (unpaired) electrons. The molecule has 0 aliphatic carbocycles.